The molecule has 32 heavy (non-hydrogen) atoms. The molecule has 3 aliphatic rings. The number of hydrogen-bond acceptors (Lipinski definition) is 6. The lowest BCUT2D eigenvalue weighted by atomic mass is 9.81. The molecular formula is C25H37N5O2. The first-order valence-corrected chi connectivity index (χ1v) is 12.3. The number of aromatic nitrogens is 1. The average molecular weight is 440 g/mol. The van der Waals surface area contributed by atoms with Gasteiger partial charge in [0.2, 0.25) is 0 Å². The van der Waals surface area contributed by atoms with Crippen molar-refractivity contribution in [1.82, 2.24) is 14.8 Å². The lowest BCUT2D eigenvalue weighted by Crippen LogP contribution is -2.61. The third-order valence-corrected chi connectivity index (χ3v) is 8.01. The highest BCUT2D eigenvalue weighted by molar-refractivity contribution is 6.03. The number of carbonyl (C=O) groups is 1. The molecule has 2 unspecified atom stereocenters. The Hall–Kier alpha value is -2.12. The number of rotatable bonds is 5. The first-order chi connectivity index (χ1) is 15.4. The number of carbonyl (C=O) groups excluding carboxylic acids is 1. The second-order valence-corrected chi connectivity index (χ2v) is 10.5. The summed E-state index contributed by atoms with van der Waals surface area (Å²) in [6, 6.07) is 8.55. The average Bonchev–Trinajstić information content (AvgIpc) is 3.17. The van der Waals surface area contributed by atoms with Crippen molar-refractivity contribution in [3.8, 4) is 0 Å². The van der Waals surface area contributed by atoms with Gasteiger partial charge in [-0.3, -0.25) is 9.69 Å². The van der Waals surface area contributed by atoms with Gasteiger partial charge in [-0.1, -0.05) is 26.3 Å². The summed E-state index contributed by atoms with van der Waals surface area (Å²) >= 11 is 0. The van der Waals surface area contributed by atoms with Crippen LogP contribution in [-0.2, 0) is 0 Å². The molecule has 5 rings (SSSR count). The van der Waals surface area contributed by atoms with E-state index in [9.17, 15) is 4.79 Å². The van der Waals surface area contributed by atoms with E-state index in [0.717, 1.165) is 38.1 Å². The van der Waals surface area contributed by atoms with Crippen LogP contribution in [-0.4, -0.2) is 71.5 Å². The molecule has 3 saturated heterocycles. The Kier molecular flexibility index (Phi) is 5.88. The van der Waals surface area contributed by atoms with Crippen LogP contribution in [0.3, 0.4) is 0 Å². The molecular weight excluding hydrogens is 402 g/mol. The highest BCUT2D eigenvalue weighted by Crippen LogP contribution is 2.36. The molecule has 2 N–H and O–H groups in total. The number of fused-ring (bicyclic) bond motifs is 3. The molecule has 0 aliphatic carbocycles. The number of hydrogen-bond donors (Lipinski definition) is 1. The van der Waals surface area contributed by atoms with Gasteiger partial charge in [0.15, 0.2) is 5.58 Å². The van der Waals surface area contributed by atoms with E-state index in [4.69, 9.17) is 15.1 Å². The van der Waals surface area contributed by atoms with Crippen molar-refractivity contribution < 1.29 is 9.21 Å². The molecule has 3 aliphatic heterocycles. The highest BCUT2D eigenvalue weighted by atomic mass is 16.4. The number of piperidine rings is 2. The van der Waals surface area contributed by atoms with Gasteiger partial charge in [0.1, 0.15) is 5.52 Å². The predicted molar refractivity (Wildman–Crippen MR) is 127 cm³/mol. The summed E-state index contributed by atoms with van der Waals surface area (Å²) in [6.07, 6.45) is 7.78. The lowest BCUT2D eigenvalue weighted by Gasteiger charge is -2.52. The standard InChI is InChI=1S/C25H37N5O2/c1-16(2)12-20-15-29(19-13-17-6-4-7-18(14-19)28(17)3)10-11-30(20)25-27-23-21(24(26)31)8-5-9-22(23)32-25/h5,8-9,16-20H,4,6-7,10-15H2,1-3H3,(H2,26,31)/t17?,18?,19?,20-/m0/s1. The summed E-state index contributed by atoms with van der Waals surface area (Å²) in [7, 11) is 2.33. The molecule has 7 nitrogen and oxygen atoms in total. The van der Waals surface area contributed by atoms with E-state index in [1.807, 2.05) is 6.07 Å². The second-order valence-electron chi connectivity index (χ2n) is 10.5. The van der Waals surface area contributed by atoms with Crippen LogP contribution in [0.15, 0.2) is 22.6 Å². The normalized spacial score (nSPS) is 29.7. The summed E-state index contributed by atoms with van der Waals surface area (Å²) in [5.74, 6) is 0.122. The van der Waals surface area contributed by atoms with E-state index < -0.39 is 5.91 Å². The summed E-state index contributed by atoms with van der Waals surface area (Å²) in [5, 5.41) is 0. The SMILES string of the molecule is CC(C)C[C@H]1CN(C2CC3CCCC(C2)N3C)CCN1c1nc2c(C(N)=O)cccc2o1. The quantitative estimate of drug-likeness (QED) is 0.768. The molecule has 1 aromatic heterocycles. The number of para-hydroxylation sites is 1. The number of primary amides is 1. The van der Waals surface area contributed by atoms with Crippen LogP contribution >= 0.6 is 0 Å². The first kappa shape index (κ1) is 21.7. The molecule has 3 atom stereocenters. The Morgan fingerprint density at radius 1 is 1.19 bits per heavy atom. The zero-order valence-corrected chi connectivity index (χ0v) is 19.7. The van der Waals surface area contributed by atoms with Crippen LogP contribution in [0, 0.1) is 5.92 Å². The molecule has 174 valence electrons. The lowest BCUT2D eigenvalue weighted by molar-refractivity contribution is 0.00221. The summed E-state index contributed by atoms with van der Waals surface area (Å²) in [6.45, 7) is 7.55. The summed E-state index contributed by atoms with van der Waals surface area (Å²) in [5.41, 5.74) is 7.19. The van der Waals surface area contributed by atoms with Gasteiger partial charge < -0.3 is 20.0 Å². The summed E-state index contributed by atoms with van der Waals surface area (Å²) < 4.78 is 6.15. The van der Waals surface area contributed by atoms with Gasteiger partial charge in [0.05, 0.1) is 5.56 Å². The minimum Gasteiger partial charge on any atom is -0.423 e. The zero-order chi connectivity index (χ0) is 22.4. The molecule has 1 amide bonds. The maximum Gasteiger partial charge on any atom is 0.298 e. The number of oxazole rings is 1. The van der Waals surface area contributed by atoms with E-state index in [1.54, 1.807) is 12.1 Å². The van der Waals surface area contributed by atoms with Crippen molar-refractivity contribution in [3.05, 3.63) is 23.8 Å². The van der Waals surface area contributed by atoms with Crippen LogP contribution < -0.4 is 10.6 Å². The van der Waals surface area contributed by atoms with E-state index in [2.05, 4.69) is 35.6 Å². The maximum absolute atomic E-state index is 11.9. The monoisotopic (exact) mass is 439 g/mol. The predicted octanol–water partition coefficient (Wildman–Crippen LogP) is 3.48. The highest BCUT2D eigenvalue weighted by Gasteiger charge is 2.41. The number of nitrogens with zero attached hydrogens (tertiary/aromatic N) is 4. The Bertz CT molecular complexity index is 958. The van der Waals surface area contributed by atoms with Crippen molar-refractivity contribution in [1.29, 1.82) is 0 Å². The van der Waals surface area contributed by atoms with Crippen molar-refractivity contribution >= 4 is 23.0 Å². The van der Waals surface area contributed by atoms with E-state index in [1.165, 1.54) is 32.1 Å². The van der Waals surface area contributed by atoms with Gasteiger partial charge in [0, 0.05) is 43.8 Å². The topological polar surface area (TPSA) is 78.8 Å². The van der Waals surface area contributed by atoms with Crippen LogP contribution in [0.1, 0.15) is 62.7 Å². The fourth-order valence-corrected chi connectivity index (χ4v) is 6.35. The van der Waals surface area contributed by atoms with Gasteiger partial charge in [-0.15, -0.1) is 0 Å². The largest absolute Gasteiger partial charge is 0.423 e. The fraction of sp³-hybridized carbons (Fsp3) is 0.680. The van der Waals surface area contributed by atoms with E-state index in [0.29, 0.717) is 40.7 Å². The van der Waals surface area contributed by atoms with Crippen molar-refractivity contribution in [2.75, 3.05) is 31.6 Å². The van der Waals surface area contributed by atoms with Crippen molar-refractivity contribution in [3.63, 3.8) is 0 Å². The third-order valence-electron chi connectivity index (χ3n) is 8.01. The van der Waals surface area contributed by atoms with E-state index in [-0.39, 0.29) is 0 Å². The minimum absolute atomic E-state index is 0.355. The van der Waals surface area contributed by atoms with Crippen LogP contribution in [0.25, 0.3) is 11.1 Å². The molecule has 2 bridgehead atoms. The Morgan fingerprint density at radius 3 is 2.62 bits per heavy atom. The molecule has 0 radical (unpaired) electrons. The van der Waals surface area contributed by atoms with Crippen LogP contribution in [0.2, 0.25) is 0 Å². The number of piperazine rings is 1. The maximum atomic E-state index is 11.9. The summed E-state index contributed by atoms with van der Waals surface area (Å²) in [4.78, 5) is 24.3. The second kappa shape index (κ2) is 8.67. The molecule has 2 aromatic rings. The van der Waals surface area contributed by atoms with Gasteiger partial charge in [-0.2, -0.15) is 4.98 Å². The van der Waals surface area contributed by atoms with Crippen molar-refractivity contribution in [2.24, 2.45) is 11.7 Å². The van der Waals surface area contributed by atoms with Crippen LogP contribution in [0.5, 0.6) is 0 Å². The fourth-order valence-electron chi connectivity index (χ4n) is 6.35. The number of amides is 1. The first-order valence-electron chi connectivity index (χ1n) is 12.3. The molecule has 0 saturated carbocycles. The Balaban J connectivity index is 1.37. The number of nitrogens with two attached hydrogens (primary N) is 1. The van der Waals surface area contributed by atoms with Gasteiger partial charge in [0.25, 0.3) is 11.9 Å². The minimum atomic E-state index is -0.466. The molecule has 7 heteroatoms. The Morgan fingerprint density at radius 2 is 1.94 bits per heavy atom. The smallest absolute Gasteiger partial charge is 0.298 e. The number of anilines is 1. The van der Waals surface area contributed by atoms with Gasteiger partial charge in [-0.05, 0) is 57.2 Å². The third kappa shape index (κ3) is 4.01. The molecule has 1 aromatic carbocycles. The van der Waals surface area contributed by atoms with Gasteiger partial charge in [-0.25, -0.2) is 0 Å². The molecule has 4 heterocycles. The van der Waals surface area contributed by atoms with Gasteiger partial charge >= 0.3 is 0 Å². The van der Waals surface area contributed by atoms with Crippen LogP contribution in [0.4, 0.5) is 6.01 Å². The number of benzene rings is 1. The molecule has 3 fully saturated rings. The zero-order valence-electron chi connectivity index (χ0n) is 19.7. The molecule has 0 spiro atoms. The Labute approximate surface area is 190 Å². The van der Waals surface area contributed by atoms with Crippen molar-refractivity contribution in [2.45, 2.75) is 76.5 Å². The van der Waals surface area contributed by atoms with E-state index >= 15 is 0 Å².